The van der Waals surface area contributed by atoms with Crippen molar-refractivity contribution in [3.8, 4) is 0 Å². The maximum atomic E-state index is 14.0. The van der Waals surface area contributed by atoms with E-state index in [2.05, 4.69) is 0 Å². The fraction of sp³-hybridized carbons (Fsp3) is 0.290. The molecule has 4 aliphatic rings. The van der Waals surface area contributed by atoms with E-state index in [9.17, 15) is 29.3 Å². The summed E-state index contributed by atoms with van der Waals surface area (Å²) < 4.78 is 5.35. The van der Waals surface area contributed by atoms with Gasteiger partial charge in [0, 0.05) is 29.5 Å². The number of rotatable bonds is 7. The maximum Gasteiger partial charge on any atom is 0.330 e. The smallest absolute Gasteiger partial charge is 0.330 e. The molecule has 1 fully saturated rings. The number of amides is 2. The zero-order valence-corrected chi connectivity index (χ0v) is 21.9. The largest absolute Gasteiger partial charge is 0.456 e. The average Bonchev–Trinajstić information content (AvgIpc) is 3.21. The molecule has 0 saturated carbocycles. The standard InChI is InChI=1S/C31H26N2O7/c1-16(2)28(31(37)40-15-23(34)17-11-13-18(14-12-17)33(38)39)32-29(35)26-24-19-7-3-4-8-20(19)25(27(26)30(32)36)22-10-6-5-9-21(22)24/h3-14,16,24-28H,15H2,1-2H3. The maximum absolute atomic E-state index is 14.0. The normalized spacial score (nSPS) is 22.9. The van der Waals surface area contributed by atoms with Gasteiger partial charge in [0.15, 0.2) is 12.4 Å². The lowest BCUT2D eigenvalue weighted by atomic mass is 9.55. The first-order valence-corrected chi connectivity index (χ1v) is 13.2. The van der Waals surface area contributed by atoms with Crippen LogP contribution in [0.5, 0.6) is 0 Å². The molecular weight excluding hydrogens is 512 g/mol. The van der Waals surface area contributed by atoms with E-state index in [0.29, 0.717) is 0 Å². The predicted molar refractivity (Wildman–Crippen MR) is 142 cm³/mol. The molecule has 1 heterocycles. The van der Waals surface area contributed by atoms with Crippen molar-refractivity contribution in [3.05, 3.63) is 111 Å². The summed E-state index contributed by atoms with van der Waals surface area (Å²) in [6, 6.07) is 19.6. The number of imide groups is 1. The molecule has 7 rings (SSSR count). The number of hydrogen-bond acceptors (Lipinski definition) is 7. The van der Waals surface area contributed by atoms with Gasteiger partial charge in [-0.2, -0.15) is 0 Å². The van der Waals surface area contributed by atoms with E-state index < -0.39 is 58.9 Å². The SMILES string of the molecule is CC(C)C(C(=O)OCC(=O)c1ccc([N+](=O)[O-])cc1)N1C(=O)C2C3c4ccccc4C(c4ccccc43)C2C1=O. The van der Waals surface area contributed by atoms with Crippen molar-refractivity contribution in [1.82, 2.24) is 4.90 Å². The van der Waals surface area contributed by atoms with Crippen molar-refractivity contribution < 1.29 is 28.8 Å². The van der Waals surface area contributed by atoms with Crippen molar-refractivity contribution in [2.75, 3.05) is 6.61 Å². The lowest BCUT2D eigenvalue weighted by Gasteiger charge is -2.45. The van der Waals surface area contributed by atoms with Gasteiger partial charge in [0.05, 0.1) is 16.8 Å². The van der Waals surface area contributed by atoms with Crippen LogP contribution in [0, 0.1) is 27.9 Å². The molecule has 3 aromatic carbocycles. The molecule has 0 spiro atoms. The molecule has 0 N–H and O–H groups in total. The van der Waals surface area contributed by atoms with Gasteiger partial charge in [-0.05, 0) is 40.3 Å². The summed E-state index contributed by atoms with van der Waals surface area (Å²) in [7, 11) is 0. The summed E-state index contributed by atoms with van der Waals surface area (Å²) in [5, 5.41) is 10.9. The lowest BCUT2D eigenvalue weighted by molar-refractivity contribution is -0.384. The molecule has 9 nitrogen and oxygen atoms in total. The van der Waals surface area contributed by atoms with E-state index in [1.807, 2.05) is 48.5 Å². The highest BCUT2D eigenvalue weighted by Crippen LogP contribution is 2.61. The number of nitro benzene ring substituents is 1. The second-order valence-corrected chi connectivity index (χ2v) is 10.8. The molecule has 3 aromatic rings. The van der Waals surface area contributed by atoms with E-state index in [1.165, 1.54) is 24.3 Å². The first-order valence-electron chi connectivity index (χ1n) is 13.2. The number of carbonyl (C=O) groups is 4. The number of benzene rings is 3. The quantitative estimate of drug-likeness (QED) is 0.145. The monoisotopic (exact) mass is 538 g/mol. The van der Waals surface area contributed by atoms with Gasteiger partial charge >= 0.3 is 5.97 Å². The van der Waals surface area contributed by atoms with Gasteiger partial charge in [0.25, 0.3) is 5.69 Å². The number of nitrogens with zero attached hydrogens (tertiary/aromatic N) is 2. The molecule has 1 aliphatic heterocycles. The van der Waals surface area contributed by atoms with Gasteiger partial charge in [-0.15, -0.1) is 0 Å². The van der Waals surface area contributed by atoms with Crippen LogP contribution in [0.4, 0.5) is 5.69 Å². The fourth-order valence-corrected chi connectivity index (χ4v) is 6.72. The summed E-state index contributed by atoms with van der Waals surface area (Å²) in [5.41, 5.74) is 4.12. The summed E-state index contributed by atoms with van der Waals surface area (Å²) in [5.74, 6) is -4.49. The van der Waals surface area contributed by atoms with E-state index in [0.717, 1.165) is 27.2 Å². The second kappa shape index (κ2) is 9.51. The molecule has 3 unspecified atom stereocenters. The third-order valence-corrected chi connectivity index (χ3v) is 8.38. The molecule has 0 aromatic heterocycles. The second-order valence-electron chi connectivity index (χ2n) is 10.8. The lowest BCUT2D eigenvalue weighted by Crippen LogP contribution is -2.49. The van der Waals surface area contributed by atoms with Crippen LogP contribution in [0.2, 0.25) is 0 Å². The minimum atomic E-state index is -1.19. The van der Waals surface area contributed by atoms with Crippen LogP contribution >= 0.6 is 0 Å². The molecule has 0 radical (unpaired) electrons. The van der Waals surface area contributed by atoms with Gasteiger partial charge < -0.3 is 4.74 Å². The van der Waals surface area contributed by atoms with Crippen LogP contribution in [-0.2, 0) is 19.1 Å². The zero-order valence-electron chi connectivity index (χ0n) is 21.9. The van der Waals surface area contributed by atoms with Gasteiger partial charge in [-0.1, -0.05) is 62.4 Å². The topological polar surface area (TPSA) is 124 Å². The molecule has 202 valence electrons. The predicted octanol–water partition coefficient (Wildman–Crippen LogP) is 4.24. The van der Waals surface area contributed by atoms with Crippen LogP contribution < -0.4 is 0 Å². The van der Waals surface area contributed by atoms with Gasteiger partial charge in [-0.3, -0.25) is 29.4 Å². The molecule has 1 saturated heterocycles. The van der Waals surface area contributed by atoms with Crippen LogP contribution in [-0.4, -0.2) is 46.0 Å². The highest BCUT2D eigenvalue weighted by molar-refractivity contribution is 6.10. The van der Waals surface area contributed by atoms with Crippen LogP contribution in [0.25, 0.3) is 0 Å². The number of likely N-dealkylation sites (tertiary alicyclic amines) is 1. The van der Waals surface area contributed by atoms with Crippen molar-refractivity contribution in [1.29, 1.82) is 0 Å². The molecule has 40 heavy (non-hydrogen) atoms. The Labute approximate surface area is 229 Å². The van der Waals surface area contributed by atoms with E-state index in [-0.39, 0.29) is 23.1 Å². The number of hydrogen-bond donors (Lipinski definition) is 0. The summed E-state index contributed by atoms with van der Waals surface area (Å²) in [6.45, 7) is 2.83. The summed E-state index contributed by atoms with van der Waals surface area (Å²) in [4.78, 5) is 65.4. The number of ether oxygens (including phenoxy) is 1. The first kappa shape index (κ1) is 25.6. The summed E-state index contributed by atoms with van der Waals surface area (Å²) in [6.07, 6.45) is 0. The number of carbonyl (C=O) groups excluding carboxylic acids is 4. The highest BCUT2D eigenvalue weighted by Gasteiger charge is 2.63. The van der Waals surface area contributed by atoms with Gasteiger partial charge in [-0.25, -0.2) is 4.79 Å². The molecule has 2 amide bonds. The molecule has 3 aliphatic carbocycles. The van der Waals surface area contributed by atoms with Gasteiger partial charge in [0.2, 0.25) is 11.8 Å². The van der Waals surface area contributed by atoms with Crippen LogP contribution in [0.1, 0.15) is 58.3 Å². The molecule has 3 atom stereocenters. The van der Waals surface area contributed by atoms with Gasteiger partial charge in [0.1, 0.15) is 6.04 Å². The van der Waals surface area contributed by atoms with Crippen LogP contribution in [0.15, 0.2) is 72.8 Å². The van der Waals surface area contributed by atoms with Crippen molar-refractivity contribution in [3.63, 3.8) is 0 Å². The van der Waals surface area contributed by atoms with E-state index in [4.69, 9.17) is 4.74 Å². The molecule has 2 bridgehead atoms. The Morgan fingerprint density at radius 3 is 1.68 bits per heavy atom. The minimum Gasteiger partial charge on any atom is -0.456 e. The Kier molecular flexibility index (Phi) is 6.09. The van der Waals surface area contributed by atoms with Crippen LogP contribution in [0.3, 0.4) is 0 Å². The number of Topliss-reactive ketones (excluding diaryl/α,β-unsaturated/α-hetero) is 1. The fourth-order valence-electron chi connectivity index (χ4n) is 6.72. The summed E-state index contributed by atoms with van der Waals surface area (Å²) >= 11 is 0. The number of esters is 1. The Morgan fingerprint density at radius 2 is 1.27 bits per heavy atom. The zero-order chi connectivity index (χ0) is 28.3. The van der Waals surface area contributed by atoms with E-state index in [1.54, 1.807) is 13.8 Å². The average molecular weight is 539 g/mol. The Bertz CT molecular complexity index is 1460. The van der Waals surface area contributed by atoms with E-state index >= 15 is 0 Å². The van der Waals surface area contributed by atoms with Crippen molar-refractivity contribution >= 4 is 29.3 Å². The Balaban J connectivity index is 1.27. The first-order chi connectivity index (χ1) is 19.2. The third kappa shape index (κ3) is 3.76. The number of ketones is 1. The Hall–Kier alpha value is -4.66. The number of non-ortho nitro benzene ring substituents is 1. The number of nitro groups is 1. The third-order valence-electron chi connectivity index (χ3n) is 8.38. The molecule has 9 heteroatoms. The Morgan fingerprint density at radius 1 is 0.825 bits per heavy atom. The van der Waals surface area contributed by atoms with Crippen molar-refractivity contribution in [2.45, 2.75) is 31.7 Å². The highest BCUT2D eigenvalue weighted by atomic mass is 16.6. The molecular formula is C31H26N2O7. The van der Waals surface area contributed by atoms with Crippen molar-refractivity contribution in [2.24, 2.45) is 17.8 Å². The minimum absolute atomic E-state index is 0.144.